The summed E-state index contributed by atoms with van der Waals surface area (Å²) in [7, 11) is 0. The maximum atomic E-state index is 10.7. The Labute approximate surface area is 81.7 Å². The third-order valence-electron chi connectivity index (χ3n) is 2.43. The van der Waals surface area contributed by atoms with E-state index in [-0.39, 0.29) is 6.10 Å². The van der Waals surface area contributed by atoms with Gasteiger partial charge in [0.15, 0.2) is 0 Å². The molecule has 0 saturated heterocycles. The SMILES string of the molecule is NC(=O)Nc1cccc2c1C[C@H](O)C2. The van der Waals surface area contributed by atoms with Gasteiger partial charge in [0.05, 0.1) is 6.10 Å². The fourth-order valence-electron chi connectivity index (χ4n) is 1.88. The number of primary amides is 1. The van der Waals surface area contributed by atoms with Crippen molar-refractivity contribution in [3.8, 4) is 0 Å². The van der Waals surface area contributed by atoms with Gasteiger partial charge in [-0.3, -0.25) is 0 Å². The van der Waals surface area contributed by atoms with Gasteiger partial charge in [-0.15, -0.1) is 0 Å². The smallest absolute Gasteiger partial charge is 0.316 e. The summed E-state index contributed by atoms with van der Waals surface area (Å²) in [5, 5.41) is 12.0. The second-order valence-electron chi connectivity index (χ2n) is 3.49. The molecule has 2 rings (SSSR count). The number of anilines is 1. The van der Waals surface area contributed by atoms with Crippen LogP contribution in [0.1, 0.15) is 11.1 Å². The molecule has 1 aliphatic carbocycles. The Bertz CT molecular complexity index is 376. The molecule has 0 bridgehead atoms. The molecule has 1 aromatic rings. The number of fused-ring (bicyclic) bond motifs is 1. The van der Waals surface area contributed by atoms with Crippen molar-refractivity contribution < 1.29 is 9.90 Å². The van der Waals surface area contributed by atoms with Gasteiger partial charge in [0, 0.05) is 12.1 Å². The summed E-state index contributed by atoms with van der Waals surface area (Å²) in [5.41, 5.74) is 7.84. The molecule has 0 heterocycles. The van der Waals surface area contributed by atoms with Gasteiger partial charge in [0.25, 0.3) is 0 Å². The third-order valence-corrected chi connectivity index (χ3v) is 2.43. The molecule has 0 saturated carbocycles. The van der Waals surface area contributed by atoms with Crippen molar-refractivity contribution in [2.45, 2.75) is 18.9 Å². The molecular formula is C10H12N2O2. The van der Waals surface area contributed by atoms with E-state index < -0.39 is 6.03 Å². The Morgan fingerprint density at radius 3 is 3.00 bits per heavy atom. The minimum absolute atomic E-state index is 0.333. The first-order chi connectivity index (χ1) is 6.66. The second-order valence-corrected chi connectivity index (χ2v) is 3.49. The Hall–Kier alpha value is -1.55. The van der Waals surface area contributed by atoms with Crippen molar-refractivity contribution in [2.24, 2.45) is 5.73 Å². The van der Waals surface area contributed by atoms with Crippen molar-refractivity contribution in [2.75, 3.05) is 5.32 Å². The summed E-state index contributed by atoms with van der Waals surface area (Å²) in [6.07, 6.45) is 0.913. The Balaban J connectivity index is 2.34. The number of hydrogen-bond acceptors (Lipinski definition) is 2. The van der Waals surface area contributed by atoms with E-state index in [2.05, 4.69) is 5.32 Å². The van der Waals surface area contributed by atoms with E-state index in [0.29, 0.717) is 18.5 Å². The van der Waals surface area contributed by atoms with Crippen molar-refractivity contribution in [1.29, 1.82) is 0 Å². The van der Waals surface area contributed by atoms with E-state index in [0.717, 1.165) is 11.1 Å². The number of urea groups is 1. The molecule has 0 aromatic heterocycles. The van der Waals surface area contributed by atoms with Gasteiger partial charge in [-0.2, -0.15) is 0 Å². The predicted molar refractivity (Wildman–Crippen MR) is 53.1 cm³/mol. The average molecular weight is 192 g/mol. The number of rotatable bonds is 1. The number of nitrogens with one attached hydrogen (secondary N) is 1. The summed E-state index contributed by atoms with van der Waals surface area (Å²) in [4.78, 5) is 10.7. The standard InChI is InChI=1S/C10H12N2O2/c11-10(14)12-9-3-1-2-6-4-7(13)5-8(6)9/h1-3,7,13H,4-5H2,(H3,11,12,14)/t7-/m1/s1. The van der Waals surface area contributed by atoms with Gasteiger partial charge < -0.3 is 16.2 Å². The Morgan fingerprint density at radius 1 is 1.50 bits per heavy atom. The normalized spacial score (nSPS) is 19.1. The molecule has 0 radical (unpaired) electrons. The van der Waals surface area contributed by atoms with Gasteiger partial charge in [-0.25, -0.2) is 4.79 Å². The third kappa shape index (κ3) is 1.56. The molecule has 1 aliphatic rings. The largest absolute Gasteiger partial charge is 0.392 e. The molecule has 4 heteroatoms. The predicted octanol–water partition coefficient (Wildman–Crippen LogP) is 0.637. The maximum Gasteiger partial charge on any atom is 0.316 e. The van der Waals surface area contributed by atoms with Gasteiger partial charge in [-0.05, 0) is 23.6 Å². The number of hydrogen-bond donors (Lipinski definition) is 3. The van der Waals surface area contributed by atoms with Crippen LogP contribution in [0.5, 0.6) is 0 Å². The Morgan fingerprint density at radius 2 is 2.29 bits per heavy atom. The van der Waals surface area contributed by atoms with Crippen LogP contribution in [0.4, 0.5) is 10.5 Å². The maximum absolute atomic E-state index is 10.7. The number of benzene rings is 1. The molecule has 14 heavy (non-hydrogen) atoms. The highest BCUT2D eigenvalue weighted by molar-refractivity contribution is 5.89. The number of amides is 2. The molecule has 2 amide bonds. The number of carbonyl (C=O) groups is 1. The van der Waals surface area contributed by atoms with Crippen molar-refractivity contribution >= 4 is 11.7 Å². The lowest BCUT2D eigenvalue weighted by Crippen LogP contribution is -2.20. The first-order valence-corrected chi connectivity index (χ1v) is 4.52. The van der Waals surface area contributed by atoms with Crippen molar-refractivity contribution in [3.05, 3.63) is 29.3 Å². The van der Waals surface area contributed by atoms with Crippen LogP contribution in [0, 0.1) is 0 Å². The highest BCUT2D eigenvalue weighted by Crippen LogP contribution is 2.28. The van der Waals surface area contributed by atoms with Crippen LogP contribution in [0.15, 0.2) is 18.2 Å². The van der Waals surface area contributed by atoms with Crippen molar-refractivity contribution in [1.82, 2.24) is 0 Å². The molecule has 4 nitrogen and oxygen atoms in total. The molecular weight excluding hydrogens is 180 g/mol. The second kappa shape index (κ2) is 3.31. The summed E-state index contributed by atoms with van der Waals surface area (Å²) in [5.74, 6) is 0. The molecule has 74 valence electrons. The number of aliphatic hydroxyl groups excluding tert-OH is 1. The highest BCUT2D eigenvalue weighted by atomic mass is 16.3. The fraction of sp³-hybridized carbons (Fsp3) is 0.300. The molecule has 4 N–H and O–H groups in total. The quantitative estimate of drug-likeness (QED) is 0.610. The lowest BCUT2D eigenvalue weighted by atomic mass is 10.1. The molecule has 0 fully saturated rings. The lowest BCUT2D eigenvalue weighted by molar-refractivity contribution is 0.187. The van der Waals surface area contributed by atoms with E-state index in [1.54, 1.807) is 6.07 Å². The van der Waals surface area contributed by atoms with Crippen LogP contribution in [0.25, 0.3) is 0 Å². The summed E-state index contributed by atoms with van der Waals surface area (Å²) < 4.78 is 0. The molecule has 1 atom stereocenters. The molecule has 1 aromatic carbocycles. The van der Waals surface area contributed by atoms with Gasteiger partial charge in [-0.1, -0.05) is 12.1 Å². The first kappa shape index (κ1) is 9.02. The number of aliphatic hydroxyl groups is 1. The minimum atomic E-state index is -0.570. The van der Waals surface area contributed by atoms with Crippen LogP contribution in [-0.4, -0.2) is 17.2 Å². The van der Waals surface area contributed by atoms with Crippen LogP contribution in [0.3, 0.4) is 0 Å². The van der Waals surface area contributed by atoms with Gasteiger partial charge in [0.1, 0.15) is 0 Å². The summed E-state index contributed by atoms with van der Waals surface area (Å²) in [6.45, 7) is 0. The summed E-state index contributed by atoms with van der Waals surface area (Å²) in [6, 6.07) is 5.03. The van der Waals surface area contributed by atoms with Crippen LogP contribution in [-0.2, 0) is 12.8 Å². The van der Waals surface area contributed by atoms with E-state index >= 15 is 0 Å². The zero-order valence-electron chi connectivity index (χ0n) is 7.66. The van der Waals surface area contributed by atoms with E-state index in [1.807, 2.05) is 12.1 Å². The molecule has 0 aliphatic heterocycles. The molecule has 0 spiro atoms. The zero-order valence-corrected chi connectivity index (χ0v) is 7.66. The minimum Gasteiger partial charge on any atom is -0.392 e. The number of carbonyl (C=O) groups excluding carboxylic acids is 1. The fourth-order valence-corrected chi connectivity index (χ4v) is 1.88. The van der Waals surface area contributed by atoms with E-state index in [4.69, 9.17) is 5.73 Å². The van der Waals surface area contributed by atoms with Crippen LogP contribution >= 0.6 is 0 Å². The first-order valence-electron chi connectivity index (χ1n) is 4.52. The lowest BCUT2D eigenvalue weighted by Gasteiger charge is -2.07. The summed E-state index contributed by atoms with van der Waals surface area (Å²) >= 11 is 0. The van der Waals surface area contributed by atoms with Crippen LogP contribution in [0.2, 0.25) is 0 Å². The van der Waals surface area contributed by atoms with Crippen molar-refractivity contribution in [3.63, 3.8) is 0 Å². The van der Waals surface area contributed by atoms with Gasteiger partial charge in [0.2, 0.25) is 0 Å². The molecule has 0 unspecified atom stereocenters. The monoisotopic (exact) mass is 192 g/mol. The zero-order chi connectivity index (χ0) is 10.1. The van der Waals surface area contributed by atoms with E-state index in [1.165, 1.54) is 0 Å². The highest BCUT2D eigenvalue weighted by Gasteiger charge is 2.21. The van der Waals surface area contributed by atoms with Gasteiger partial charge >= 0.3 is 6.03 Å². The number of nitrogens with two attached hydrogens (primary N) is 1. The average Bonchev–Trinajstić information content (AvgIpc) is 2.45. The Kier molecular flexibility index (Phi) is 2.13. The van der Waals surface area contributed by atoms with E-state index in [9.17, 15) is 9.90 Å². The topological polar surface area (TPSA) is 75.4 Å². The van der Waals surface area contributed by atoms with Crippen LogP contribution < -0.4 is 11.1 Å².